The van der Waals surface area contributed by atoms with Crippen molar-refractivity contribution in [1.29, 1.82) is 0 Å². The molecular weight excluding hydrogens is 376 g/mol. The fourth-order valence-corrected chi connectivity index (χ4v) is 4.60. The molecule has 0 saturated carbocycles. The van der Waals surface area contributed by atoms with Crippen LogP contribution in [0.15, 0.2) is 19.9 Å². The molecule has 8 heteroatoms. The normalized spacial score (nSPS) is 27.2. The number of halogens is 2. The van der Waals surface area contributed by atoms with E-state index in [1.165, 1.54) is 10.9 Å². The van der Waals surface area contributed by atoms with Crippen LogP contribution in [0, 0.1) is 0 Å². The van der Waals surface area contributed by atoms with Crippen LogP contribution in [0.3, 0.4) is 0 Å². The largest absolute Gasteiger partial charge is 0.282 e. The molecule has 1 fully saturated rings. The molecule has 0 N–H and O–H groups in total. The van der Waals surface area contributed by atoms with Crippen molar-refractivity contribution < 1.29 is 8.42 Å². The first kappa shape index (κ1) is 13.2. The van der Waals surface area contributed by atoms with E-state index < -0.39 is 15.4 Å². The van der Waals surface area contributed by atoms with Crippen LogP contribution in [0.2, 0.25) is 0 Å². The van der Waals surface area contributed by atoms with Gasteiger partial charge in [0.05, 0.1) is 27.7 Å². The summed E-state index contributed by atoms with van der Waals surface area (Å²) in [7, 11) is -3.07. The fraction of sp³-hybridized carbons (Fsp3) is 0.556. The molecule has 0 aliphatic carbocycles. The summed E-state index contributed by atoms with van der Waals surface area (Å²) in [4.78, 5) is 12.0. The molecule has 1 aromatic heterocycles. The van der Waals surface area contributed by atoms with E-state index in [0.717, 1.165) is 0 Å². The van der Waals surface area contributed by atoms with Crippen LogP contribution in [0.1, 0.15) is 13.3 Å². The van der Waals surface area contributed by atoms with Gasteiger partial charge in [0.15, 0.2) is 9.84 Å². The third kappa shape index (κ3) is 2.34. The second-order valence-corrected chi connectivity index (χ2v) is 8.19. The zero-order chi connectivity index (χ0) is 12.8. The highest BCUT2D eigenvalue weighted by atomic mass is 79.9. The van der Waals surface area contributed by atoms with E-state index in [2.05, 4.69) is 37.0 Å². The van der Waals surface area contributed by atoms with Gasteiger partial charge < -0.3 is 0 Å². The molecule has 2 heterocycles. The van der Waals surface area contributed by atoms with E-state index in [-0.39, 0.29) is 17.1 Å². The van der Waals surface area contributed by atoms with Crippen molar-refractivity contribution in [3.8, 4) is 0 Å². The third-order valence-electron chi connectivity index (χ3n) is 2.87. The minimum absolute atomic E-state index is 0.0407. The summed E-state index contributed by atoms with van der Waals surface area (Å²) in [6.07, 6.45) is 1.90. The first-order valence-corrected chi connectivity index (χ1v) is 8.30. The van der Waals surface area contributed by atoms with Crippen molar-refractivity contribution in [1.82, 2.24) is 9.78 Å². The van der Waals surface area contributed by atoms with Gasteiger partial charge in [0.25, 0.3) is 5.56 Å². The Bertz CT molecular complexity index is 626. The summed E-state index contributed by atoms with van der Waals surface area (Å²) in [5, 5.41) is 4.02. The second kappa shape index (κ2) is 4.17. The molecule has 0 amide bonds. The average molecular weight is 386 g/mol. The lowest BCUT2D eigenvalue weighted by atomic mass is 10.0. The van der Waals surface area contributed by atoms with Gasteiger partial charge >= 0.3 is 0 Å². The summed E-state index contributed by atoms with van der Waals surface area (Å²) in [5.41, 5.74) is -1.07. The van der Waals surface area contributed by atoms with Crippen molar-refractivity contribution in [2.75, 3.05) is 11.5 Å². The molecule has 2 rings (SSSR count). The lowest BCUT2D eigenvalue weighted by Gasteiger charge is -2.23. The molecule has 0 aromatic carbocycles. The molecule has 5 nitrogen and oxygen atoms in total. The SMILES string of the molecule is CC1(n2ncc(Br)c(Br)c2=O)CCS(=O)(=O)C1. The molecule has 1 atom stereocenters. The number of hydrogen-bond acceptors (Lipinski definition) is 4. The predicted molar refractivity (Wildman–Crippen MR) is 70.8 cm³/mol. The smallest absolute Gasteiger partial charge is 0.266 e. The molecule has 0 bridgehead atoms. The first-order valence-electron chi connectivity index (χ1n) is 4.89. The minimum atomic E-state index is -3.07. The van der Waals surface area contributed by atoms with Crippen LogP contribution < -0.4 is 5.56 Å². The summed E-state index contributed by atoms with van der Waals surface area (Å²) in [6.45, 7) is 1.74. The molecule has 1 aromatic rings. The number of nitrogens with zero attached hydrogens (tertiary/aromatic N) is 2. The number of aromatic nitrogens is 2. The summed E-state index contributed by atoms with van der Waals surface area (Å²) in [6, 6.07) is 0. The van der Waals surface area contributed by atoms with E-state index in [0.29, 0.717) is 15.4 Å². The third-order valence-corrected chi connectivity index (χ3v) is 6.66. The average Bonchev–Trinajstić information content (AvgIpc) is 2.50. The van der Waals surface area contributed by atoms with Crippen LogP contribution in [0.25, 0.3) is 0 Å². The lowest BCUT2D eigenvalue weighted by Crippen LogP contribution is -2.41. The van der Waals surface area contributed by atoms with E-state index in [1.807, 2.05) is 0 Å². The van der Waals surface area contributed by atoms with Crippen molar-refractivity contribution in [3.63, 3.8) is 0 Å². The Morgan fingerprint density at radius 3 is 2.65 bits per heavy atom. The van der Waals surface area contributed by atoms with Crippen LogP contribution in [0.5, 0.6) is 0 Å². The maximum atomic E-state index is 12.0. The Morgan fingerprint density at radius 2 is 2.12 bits per heavy atom. The first-order chi connectivity index (χ1) is 7.75. The molecule has 1 aliphatic heterocycles. The lowest BCUT2D eigenvalue weighted by molar-refractivity contribution is 0.311. The van der Waals surface area contributed by atoms with Gasteiger partial charge in [-0.2, -0.15) is 5.10 Å². The molecule has 0 radical (unpaired) electrons. The second-order valence-electron chi connectivity index (χ2n) is 4.36. The fourth-order valence-electron chi connectivity index (χ4n) is 1.96. The standard InChI is InChI=1S/C9H10Br2N2O3S/c1-9(2-3-17(15,16)5-9)13-8(14)7(11)6(10)4-12-13/h4H,2-3,5H2,1H3. The number of rotatable bonds is 1. The Balaban J connectivity index is 2.57. The van der Waals surface area contributed by atoms with Gasteiger partial charge in [-0.05, 0) is 45.2 Å². The van der Waals surface area contributed by atoms with Crippen LogP contribution in [0.4, 0.5) is 0 Å². The molecule has 1 saturated heterocycles. The highest BCUT2D eigenvalue weighted by Crippen LogP contribution is 2.29. The predicted octanol–water partition coefficient (Wildman–Crippen LogP) is 1.30. The van der Waals surface area contributed by atoms with Gasteiger partial charge in [0.2, 0.25) is 0 Å². The van der Waals surface area contributed by atoms with Gasteiger partial charge in [-0.25, -0.2) is 13.1 Å². The highest BCUT2D eigenvalue weighted by Gasteiger charge is 2.41. The van der Waals surface area contributed by atoms with E-state index in [1.54, 1.807) is 6.92 Å². The van der Waals surface area contributed by atoms with Crippen LogP contribution in [-0.4, -0.2) is 29.7 Å². The highest BCUT2D eigenvalue weighted by molar-refractivity contribution is 9.13. The molecule has 1 unspecified atom stereocenters. The molecule has 1 aliphatic rings. The van der Waals surface area contributed by atoms with Gasteiger partial charge in [0, 0.05) is 0 Å². The van der Waals surface area contributed by atoms with Gasteiger partial charge in [-0.3, -0.25) is 4.79 Å². The van der Waals surface area contributed by atoms with Gasteiger partial charge in [0.1, 0.15) is 4.47 Å². The van der Waals surface area contributed by atoms with Crippen molar-refractivity contribution in [3.05, 3.63) is 25.5 Å². The quantitative estimate of drug-likeness (QED) is 0.730. The van der Waals surface area contributed by atoms with E-state index >= 15 is 0 Å². The Morgan fingerprint density at radius 1 is 1.47 bits per heavy atom. The number of sulfone groups is 1. The zero-order valence-corrected chi connectivity index (χ0v) is 13.0. The van der Waals surface area contributed by atoms with Crippen molar-refractivity contribution in [2.24, 2.45) is 0 Å². The topological polar surface area (TPSA) is 69.0 Å². The van der Waals surface area contributed by atoms with Gasteiger partial charge in [-0.15, -0.1) is 0 Å². The van der Waals surface area contributed by atoms with Crippen LogP contribution in [-0.2, 0) is 15.4 Å². The van der Waals surface area contributed by atoms with E-state index in [9.17, 15) is 13.2 Å². The summed E-state index contributed by atoms with van der Waals surface area (Å²) < 4.78 is 25.2. The zero-order valence-electron chi connectivity index (χ0n) is 8.98. The maximum absolute atomic E-state index is 12.0. The minimum Gasteiger partial charge on any atom is -0.266 e. The van der Waals surface area contributed by atoms with Crippen LogP contribution >= 0.6 is 31.9 Å². The summed E-state index contributed by atoms with van der Waals surface area (Å²) >= 11 is 6.35. The Labute approximate surface area is 115 Å². The molecule has 0 spiro atoms. The maximum Gasteiger partial charge on any atom is 0.282 e. The monoisotopic (exact) mass is 384 g/mol. The Hall–Kier alpha value is -0.210. The van der Waals surface area contributed by atoms with Crippen molar-refractivity contribution >= 4 is 41.7 Å². The molecule has 94 valence electrons. The van der Waals surface area contributed by atoms with E-state index in [4.69, 9.17) is 0 Å². The van der Waals surface area contributed by atoms with Gasteiger partial charge in [-0.1, -0.05) is 0 Å². The Kier molecular flexibility index (Phi) is 3.24. The summed E-state index contributed by atoms with van der Waals surface area (Å²) in [5.74, 6) is 0.0618. The van der Waals surface area contributed by atoms with Crippen molar-refractivity contribution in [2.45, 2.75) is 18.9 Å². The number of hydrogen-bond donors (Lipinski definition) is 0. The molecular formula is C9H10Br2N2O3S. The molecule has 17 heavy (non-hydrogen) atoms.